The lowest BCUT2D eigenvalue weighted by Crippen LogP contribution is -2.31. The maximum atomic E-state index is 10.7. The van der Waals surface area contributed by atoms with E-state index >= 15 is 0 Å². The Morgan fingerprint density at radius 3 is 2.71 bits per heavy atom. The van der Waals surface area contributed by atoms with E-state index in [-0.39, 0.29) is 6.04 Å². The van der Waals surface area contributed by atoms with Crippen LogP contribution >= 0.6 is 0 Å². The third-order valence-corrected chi connectivity index (χ3v) is 4.77. The Morgan fingerprint density at radius 1 is 1.00 bits per heavy atom. The standard InChI is InChI=1S/C19H21NO/c21-19(16-6-3-5-15(12-16)13-8-9-13)18-11-10-14-4-1-2-7-17(14)20-18/h1-7,12-13,18-21H,8-11H2. The van der Waals surface area contributed by atoms with Gasteiger partial charge in [0.2, 0.25) is 0 Å². The minimum atomic E-state index is -0.433. The fourth-order valence-corrected chi connectivity index (χ4v) is 3.34. The van der Waals surface area contributed by atoms with Gasteiger partial charge in [0, 0.05) is 5.69 Å². The Balaban J connectivity index is 1.55. The highest BCUT2D eigenvalue weighted by molar-refractivity contribution is 5.54. The number of hydrogen-bond donors (Lipinski definition) is 2. The lowest BCUT2D eigenvalue weighted by atomic mass is 9.91. The third kappa shape index (κ3) is 2.56. The molecule has 0 spiro atoms. The van der Waals surface area contributed by atoms with Crippen LogP contribution in [0.2, 0.25) is 0 Å². The van der Waals surface area contributed by atoms with Crippen molar-refractivity contribution in [3.8, 4) is 0 Å². The van der Waals surface area contributed by atoms with Crippen LogP contribution in [0.5, 0.6) is 0 Å². The molecule has 2 heteroatoms. The molecule has 0 aromatic heterocycles. The Bertz CT molecular complexity index is 648. The summed E-state index contributed by atoms with van der Waals surface area (Å²) in [6, 6.07) is 17.0. The van der Waals surface area contributed by atoms with E-state index in [1.807, 2.05) is 6.07 Å². The van der Waals surface area contributed by atoms with Crippen molar-refractivity contribution in [3.05, 3.63) is 65.2 Å². The summed E-state index contributed by atoms with van der Waals surface area (Å²) in [6.45, 7) is 0. The maximum absolute atomic E-state index is 10.7. The maximum Gasteiger partial charge on any atom is 0.0991 e. The smallest absolute Gasteiger partial charge is 0.0991 e. The molecule has 2 aliphatic rings. The van der Waals surface area contributed by atoms with Gasteiger partial charge < -0.3 is 10.4 Å². The fraction of sp³-hybridized carbons (Fsp3) is 0.368. The Labute approximate surface area is 125 Å². The number of fused-ring (bicyclic) bond motifs is 1. The van der Waals surface area contributed by atoms with Gasteiger partial charge in [-0.2, -0.15) is 0 Å². The molecule has 21 heavy (non-hydrogen) atoms. The van der Waals surface area contributed by atoms with Gasteiger partial charge in [-0.15, -0.1) is 0 Å². The van der Waals surface area contributed by atoms with Crippen molar-refractivity contribution in [2.45, 2.75) is 43.7 Å². The van der Waals surface area contributed by atoms with Crippen molar-refractivity contribution in [2.24, 2.45) is 0 Å². The van der Waals surface area contributed by atoms with Gasteiger partial charge in [-0.25, -0.2) is 0 Å². The van der Waals surface area contributed by atoms with Crippen molar-refractivity contribution in [2.75, 3.05) is 5.32 Å². The normalized spacial score (nSPS) is 22.2. The summed E-state index contributed by atoms with van der Waals surface area (Å²) >= 11 is 0. The van der Waals surface area contributed by atoms with E-state index in [2.05, 4.69) is 47.8 Å². The van der Waals surface area contributed by atoms with Crippen molar-refractivity contribution in [1.29, 1.82) is 0 Å². The van der Waals surface area contributed by atoms with Crippen LogP contribution in [0.4, 0.5) is 5.69 Å². The lowest BCUT2D eigenvalue weighted by molar-refractivity contribution is 0.149. The SMILES string of the molecule is OC(c1cccc(C2CC2)c1)C1CCc2ccccc2N1. The molecule has 2 nitrogen and oxygen atoms in total. The van der Waals surface area contributed by atoms with E-state index < -0.39 is 6.10 Å². The van der Waals surface area contributed by atoms with E-state index in [0.717, 1.165) is 24.3 Å². The summed E-state index contributed by atoms with van der Waals surface area (Å²) in [7, 11) is 0. The van der Waals surface area contributed by atoms with E-state index in [4.69, 9.17) is 0 Å². The number of rotatable bonds is 3. The molecule has 1 aliphatic heterocycles. The molecule has 4 rings (SSSR count). The predicted molar refractivity (Wildman–Crippen MR) is 85.6 cm³/mol. The van der Waals surface area contributed by atoms with Crippen LogP contribution in [0.15, 0.2) is 48.5 Å². The van der Waals surface area contributed by atoms with Gasteiger partial charge in [0.1, 0.15) is 0 Å². The summed E-state index contributed by atoms with van der Waals surface area (Å²) in [5, 5.41) is 14.2. The minimum Gasteiger partial charge on any atom is -0.386 e. The van der Waals surface area contributed by atoms with Crippen LogP contribution in [0.3, 0.4) is 0 Å². The minimum absolute atomic E-state index is 0.106. The first-order valence-corrected chi connectivity index (χ1v) is 7.93. The topological polar surface area (TPSA) is 32.3 Å². The second-order valence-corrected chi connectivity index (χ2v) is 6.34. The highest BCUT2D eigenvalue weighted by atomic mass is 16.3. The fourth-order valence-electron chi connectivity index (χ4n) is 3.34. The number of aryl methyl sites for hydroxylation is 1. The van der Waals surface area contributed by atoms with E-state index in [1.165, 1.54) is 29.7 Å². The summed E-state index contributed by atoms with van der Waals surface area (Å²) in [4.78, 5) is 0. The number of hydrogen-bond acceptors (Lipinski definition) is 2. The number of benzene rings is 2. The van der Waals surface area contributed by atoms with Crippen LogP contribution in [0, 0.1) is 0 Å². The second kappa shape index (κ2) is 5.19. The van der Waals surface area contributed by atoms with E-state index in [1.54, 1.807) is 0 Å². The first-order chi connectivity index (χ1) is 10.3. The zero-order valence-electron chi connectivity index (χ0n) is 12.1. The molecule has 0 bridgehead atoms. The average molecular weight is 279 g/mol. The molecule has 0 amide bonds. The number of nitrogens with one attached hydrogen (secondary N) is 1. The zero-order chi connectivity index (χ0) is 14.2. The van der Waals surface area contributed by atoms with Gasteiger partial charge in [0.15, 0.2) is 0 Å². The molecule has 2 aromatic rings. The van der Waals surface area contributed by atoms with Gasteiger partial charge >= 0.3 is 0 Å². The molecule has 1 aliphatic carbocycles. The van der Waals surface area contributed by atoms with Gasteiger partial charge in [-0.1, -0.05) is 42.5 Å². The van der Waals surface area contributed by atoms with Gasteiger partial charge in [-0.3, -0.25) is 0 Å². The van der Waals surface area contributed by atoms with Crippen LogP contribution < -0.4 is 5.32 Å². The summed E-state index contributed by atoms with van der Waals surface area (Å²) in [5.41, 5.74) is 4.97. The molecule has 1 heterocycles. The van der Waals surface area contributed by atoms with Crippen molar-refractivity contribution < 1.29 is 5.11 Å². The van der Waals surface area contributed by atoms with Crippen LogP contribution in [0.1, 0.15) is 48.0 Å². The predicted octanol–water partition coefficient (Wildman–Crippen LogP) is 4.02. The third-order valence-electron chi connectivity index (χ3n) is 4.77. The first-order valence-electron chi connectivity index (χ1n) is 7.93. The Hall–Kier alpha value is -1.80. The second-order valence-electron chi connectivity index (χ2n) is 6.34. The van der Waals surface area contributed by atoms with Crippen molar-refractivity contribution in [3.63, 3.8) is 0 Å². The first kappa shape index (κ1) is 12.9. The van der Waals surface area contributed by atoms with Crippen LogP contribution in [-0.4, -0.2) is 11.1 Å². The highest BCUT2D eigenvalue weighted by Gasteiger charge is 2.27. The van der Waals surface area contributed by atoms with Crippen LogP contribution in [-0.2, 0) is 6.42 Å². The summed E-state index contributed by atoms with van der Waals surface area (Å²) in [5.74, 6) is 0.734. The molecule has 2 aromatic carbocycles. The summed E-state index contributed by atoms with van der Waals surface area (Å²) in [6.07, 6.45) is 4.18. The summed E-state index contributed by atoms with van der Waals surface area (Å²) < 4.78 is 0. The number of aliphatic hydroxyl groups is 1. The molecule has 0 saturated heterocycles. The number of aliphatic hydroxyl groups excluding tert-OH is 1. The molecule has 108 valence electrons. The monoisotopic (exact) mass is 279 g/mol. The Morgan fingerprint density at radius 2 is 1.86 bits per heavy atom. The molecule has 1 saturated carbocycles. The molecule has 2 unspecified atom stereocenters. The van der Waals surface area contributed by atoms with Crippen molar-refractivity contribution in [1.82, 2.24) is 0 Å². The van der Waals surface area contributed by atoms with Gasteiger partial charge in [0.05, 0.1) is 12.1 Å². The molecular weight excluding hydrogens is 258 g/mol. The van der Waals surface area contributed by atoms with E-state index in [9.17, 15) is 5.11 Å². The average Bonchev–Trinajstić information content (AvgIpc) is 3.39. The highest BCUT2D eigenvalue weighted by Crippen LogP contribution is 2.41. The van der Waals surface area contributed by atoms with E-state index in [0.29, 0.717) is 0 Å². The quantitative estimate of drug-likeness (QED) is 0.889. The molecular formula is C19H21NO. The molecule has 1 fully saturated rings. The molecule has 2 N–H and O–H groups in total. The largest absolute Gasteiger partial charge is 0.386 e. The molecule has 0 radical (unpaired) electrons. The van der Waals surface area contributed by atoms with Crippen LogP contribution in [0.25, 0.3) is 0 Å². The molecule has 2 atom stereocenters. The zero-order valence-corrected chi connectivity index (χ0v) is 12.1. The number of para-hydroxylation sites is 1. The van der Waals surface area contributed by atoms with Gasteiger partial charge in [0.25, 0.3) is 0 Å². The number of anilines is 1. The van der Waals surface area contributed by atoms with Gasteiger partial charge in [-0.05, 0) is 54.4 Å². The Kier molecular flexibility index (Phi) is 3.19. The lowest BCUT2D eigenvalue weighted by Gasteiger charge is -2.31. The van der Waals surface area contributed by atoms with Crippen molar-refractivity contribution >= 4 is 5.69 Å².